The number of guanidine groups is 1. The number of nitrogens with one attached hydrogen (secondary N) is 2. The summed E-state index contributed by atoms with van der Waals surface area (Å²) in [6.07, 6.45) is 8.74. The average Bonchev–Trinajstić information content (AvgIpc) is 3.20. The summed E-state index contributed by atoms with van der Waals surface area (Å²) in [6.45, 7) is 2.46. The number of amides is 1. The van der Waals surface area contributed by atoms with E-state index in [4.69, 9.17) is 0 Å². The van der Waals surface area contributed by atoms with Gasteiger partial charge in [0.2, 0.25) is 5.91 Å². The van der Waals surface area contributed by atoms with Gasteiger partial charge in [-0.3, -0.25) is 9.79 Å². The Morgan fingerprint density at radius 2 is 1.90 bits per heavy atom. The molecule has 6 nitrogen and oxygen atoms in total. The van der Waals surface area contributed by atoms with E-state index < -0.39 is 0 Å². The first-order valence-corrected chi connectivity index (χ1v) is 10.7. The van der Waals surface area contributed by atoms with Crippen molar-refractivity contribution in [2.75, 3.05) is 26.7 Å². The fourth-order valence-electron chi connectivity index (χ4n) is 4.24. The number of phenolic OH excluding ortho intramolecular Hbond substituents is 1. The number of aromatic hydroxyl groups is 1. The van der Waals surface area contributed by atoms with E-state index in [1.165, 1.54) is 24.8 Å². The predicted octanol–water partition coefficient (Wildman–Crippen LogP) is 3.29. The number of carbonyl (C=O) groups is 1. The maximum Gasteiger partial charge on any atom is 0.225 e. The number of halogens is 1. The van der Waals surface area contributed by atoms with E-state index in [1.54, 1.807) is 19.2 Å². The van der Waals surface area contributed by atoms with Crippen molar-refractivity contribution in [3.05, 3.63) is 29.8 Å². The van der Waals surface area contributed by atoms with E-state index in [2.05, 4.69) is 15.6 Å². The minimum Gasteiger partial charge on any atom is -0.508 e. The summed E-state index contributed by atoms with van der Waals surface area (Å²) >= 11 is 0. The lowest BCUT2D eigenvalue weighted by Gasteiger charge is -2.26. The minimum absolute atomic E-state index is 0. The van der Waals surface area contributed by atoms with Crippen LogP contribution in [-0.4, -0.2) is 54.6 Å². The van der Waals surface area contributed by atoms with Gasteiger partial charge in [-0.05, 0) is 49.8 Å². The Morgan fingerprint density at radius 1 is 1.17 bits per heavy atom. The molecule has 1 aromatic rings. The maximum atomic E-state index is 12.7. The molecule has 1 aliphatic carbocycles. The second kappa shape index (κ2) is 12.2. The highest BCUT2D eigenvalue weighted by Crippen LogP contribution is 2.26. The summed E-state index contributed by atoms with van der Waals surface area (Å²) in [5.74, 6) is 1.73. The summed E-state index contributed by atoms with van der Waals surface area (Å²) in [4.78, 5) is 19.1. The third-order valence-corrected chi connectivity index (χ3v) is 5.89. The second-order valence-corrected chi connectivity index (χ2v) is 8.02. The van der Waals surface area contributed by atoms with Gasteiger partial charge in [0.05, 0.1) is 0 Å². The van der Waals surface area contributed by atoms with Crippen LogP contribution in [0.25, 0.3) is 0 Å². The number of carbonyl (C=O) groups excluding carboxylic acids is 1. The van der Waals surface area contributed by atoms with Gasteiger partial charge in [-0.1, -0.05) is 31.4 Å². The molecule has 0 bridgehead atoms. The van der Waals surface area contributed by atoms with Gasteiger partial charge in [-0.2, -0.15) is 0 Å². The van der Waals surface area contributed by atoms with Crippen molar-refractivity contribution in [3.8, 4) is 5.75 Å². The number of aryl methyl sites for hydroxylation is 1. The topological polar surface area (TPSA) is 77.0 Å². The van der Waals surface area contributed by atoms with E-state index in [0.717, 1.165) is 57.7 Å². The number of aliphatic imine (C=N–C) groups is 1. The number of nitrogens with zero attached hydrogens (tertiary/aromatic N) is 2. The molecule has 1 unspecified atom stereocenters. The molecule has 1 heterocycles. The van der Waals surface area contributed by atoms with E-state index in [0.29, 0.717) is 11.7 Å². The lowest BCUT2D eigenvalue weighted by Crippen LogP contribution is -2.45. The molecule has 0 aromatic heterocycles. The molecule has 2 aliphatic rings. The first kappa shape index (κ1) is 23.8. The van der Waals surface area contributed by atoms with Crippen molar-refractivity contribution in [1.29, 1.82) is 0 Å². The third kappa shape index (κ3) is 7.35. The highest BCUT2D eigenvalue weighted by Gasteiger charge is 2.31. The Balaban J connectivity index is 0.00000300. The highest BCUT2D eigenvalue weighted by atomic mass is 127. The highest BCUT2D eigenvalue weighted by molar-refractivity contribution is 14.0. The summed E-state index contributed by atoms with van der Waals surface area (Å²) < 4.78 is 0. The first-order valence-electron chi connectivity index (χ1n) is 10.7. The molecule has 1 saturated carbocycles. The molecule has 29 heavy (non-hydrogen) atoms. The lowest BCUT2D eigenvalue weighted by molar-refractivity contribution is -0.135. The molecule has 1 saturated heterocycles. The van der Waals surface area contributed by atoms with E-state index >= 15 is 0 Å². The number of likely N-dealkylation sites (tertiary alicyclic amines) is 1. The van der Waals surface area contributed by atoms with Crippen LogP contribution >= 0.6 is 24.0 Å². The molecular formula is C22H35IN4O2. The van der Waals surface area contributed by atoms with Gasteiger partial charge < -0.3 is 20.6 Å². The largest absolute Gasteiger partial charge is 0.508 e. The molecule has 1 atom stereocenters. The van der Waals surface area contributed by atoms with Crippen LogP contribution in [0.15, 0.2) is 29.3 Å². The van der Waals surface area contributed by atoms with Crippen LogP contribution in [-0.2, 0) is 11.2 Å². The Bertz CT molecular complexity index is 659. The molecule has 1 aliphatic heterocycles. The van der Waals surface area contributed by atoms with Crippen molar-refractivity contribution < 1.29 is 9.90 Å². The van der Waals surface area contributed by atoms with Crippen LogP contribution in [0, 0.1) is 5.92 Å². The zero-order valence-corrected chi connectivity index (χ0v) is 19.7. The van der Waals surface area contributed by atoms with Crippen molar-refractivity contribution in [2.45, 2.75) is 57.4 Å². The summed E-state index contributed by atoms with van der Waals surface area (Å²) in [5, 5.41) is 16.2. The van der Waals surface area contributed by atoms with E-state index in [9.17, 15) is 9.90 Å². The van der Waals surface area contributed by atoms with Crippen LogP contribution in [0.5, 0.6) is 5.75 Å². The van der Waals surface area contributed by atoms with Gasteiger partial charge in [-0.25, -0.2) is 0 Å². The Kier molecular flexibility index (Phi) is 10.0. The van der Waals surface area contributed by atoms with Crippen LogP contribution in [0.4, 0.5) is 0 Å². The molecule has 1 aromatic carbocycles. The fourth-order valence-corrected chi connectivity index (χ4v) is 4.24. The van der Waals surface area contributed by atoms with Crippen molar-refractivity contribution in [3.63, 3.8) is 0 Å². The van der Waals surface area contributed by atoms with Crippen molar-refractivity contribution >= 4 is 35.8 Å². The molecule has 1 amide bonds. The quantitative estimate of drug-likeness (QED) is 0.236. The molecule has 2 fully saturated rings. The van der Waals surface area contributed by atoms with Crippen LogP contribution in [0.1, 0.15) is 50.5 Å². The van der Waals surface area contributed by atoms with Gasteiger partial charge in [0, 0.05) is 38.6 Å². The standard InChI is InChI=1S/C22H34N4O2.HI/c1-23-22(24-14-5-6-17-9-11-20(27)12-10-17)25-19-13-15-26(16-19)21(28)18-7-3-2-4-8-18;/h9-12,18-19,27H,2-8,13-16H2,1H3,(H2,23,24,25);1H. The molecular weight excluding hydrogens is 479 g/mol. The third-order valence-electron chi connectivity index (χ3n) is 5.89. The zero-order chi connectivity index (χ0) is 19.8. The average molecular weight is 514 g/mol. The van der Waals surface area contributed by atoms with Crippen molar-refractivity contribution in [1.82, 2.24) is 15.5 Å². The SMILES string of the molecule is CN=C(NCCCc1ccc(O)cc1)NC1CCN(C(=O)C2CCCCC2)C1.I. The predicted molar refractivity (Wildman–Crippen MR) is 128 cm³/mol. The van der Waals surface area contributed by atoms with Gasteiger partial charge in [-0.15, -0.1) is 24.0 Å². The minimum atomic E-state index is 0. The number of phenols is 1. The Hall–Kier alpha value is -1.51. The van der Waals surface area contributed by atoms with E-state index in [-0.39, 0.29) is 35.9 Å². The molecule has 3 rings (SSSR count). The maximum absolute atomic E-state index is 12.7. The monoisotopic (exact) mass is 514 g/mol. The molecule has 0 spiro atoms. The number of rotatable bonds is 6. The number of hydrogen-bond acceptors (Lipinski definition) is 3. The van der Waals surface area contributed by atoms with Crippen LogP contribution < -0.4 is 10.6 Å². The molecule has 0 radical (unpaired) electrons. The molecule has 3 N–H and O–H groups in total. The zero-order valence-electron chi connectivity index (χ0n) is 17.4. The fraction of sp³-hybridized carbons (Fsp3) is 0.636. The summed E-state index contributed by atoms with van der Waals surface area (Å²) in [7, 11) is 1.79. The van der Waals surface area contributed by atoms with Crippen LogP contribution in [0.2, 0.25) is 0 Å². The van der Waals surface area contributed by atoms with Gasteiger partial charge in [0.15, 0.2) is 5.96 Å². The molecule has 7 heteroatoms. The summed E-state index contributed by atoms with van der Waals surface area (Å²) in [6, 6.07) is 7.64. The Labute approximate surface area is 191 Å². The van der Waals surface area contributed by atoms with Gasteiger partial charge >= 0.3 is 0 Å². The van der Waals surface area contributed by atoms with E-state index in [1.807, 2.05) is 17.0 Å². The number of benzene rings is 1. The molecule has 162 valence electrons. The lowest BCUT2D eigenvalue weighted by atomic mass is 9.88. The summed E-state index contributed by atoms with van der Waals surface area (Å²) in [5.41, 5.74) is 1.22. The van der Waals surface area contributed by atoms with Crippen LogP contribution in [0.3, 0.4) is 0 Å². The number of hydrogen-bond donors (Lipinski definition) is 3. The Morgan fingerprint density at radius 3 is 2.59 bits per heavy atom. The smallest absolute Gasteiger partial charge is 0.225 e. The second-order valence-electron chi connectivity index (χ2n) is 8.02. The van der Waals surface area contributed by atoms with Crippen molar-refractivity contribution in [2.24, 2.45) is 10.9 Å². The normalized spacial score (nSPS) is 20.2. The van der Waals surface area contributed by atoms with Gasteiger partial charge in [0.25, 0.3) is 0 Å². The first-order chi connectivity index (χ1) is 13.7. The van der Waals surface area contributed by atoms with Gasteiger partial charge in [0.1, 0.15) is 5.75 Å².